The number of hydrogen-bond acceptors (Lipinski definition) is 0. The molecule has 0 saturated heterocycles. The Kier molecular flexibility index (Phi) is 2.81. The molecule has 0 bridgehead atoms. The normalized spacial score (nSPS) is 20.5. The molecular weight excluding hydrogens is 156 g/mol. The molecule has 1 aliphatic carbocycles. The summed E-state index contributed by atoms with van der Waals surface area (Å²) < 4.78 is 0. The van der Waals surface area contributed by atoms with Crippen LogP contribution in [0.2, 0.25) is 0 Å². The van der Waals surface area contributed by atoms with Crippen molar-refractivity contribution in [1.82, 2.24) is 0 Å². The zero-order chi connectivity index (χ0) is 10.3. The summed E-state index contributed by atoms with van der Waals surface area (Å²) in [5.41, 5.74) is 0.951. The van der Waals surface area contributed by atoms with E-state index in [0.29, 0.717) is 10.8 Å². The third-order valence-electron chi connectivity index (χ3n) is 3.49. The lowest BCUT2D eigenvalue weighted by Crippen LogP contribution is -2.41. The molecule has 1 fully saturated rings. The van der Waals surface area contributed by atoms with Crippen molar-refractivity contribution >= 4 is 0 Å². The molecule has 1 aliphatic rings. The molecule has 0 aromatic carbocycles. The van der Waals surface area contributed by atoms with Crippen molar-refractivity contribution in [1.29, 1.82) is 0 Å². The van der Waals surface area contributed by atoms with Gasteiger partial charge in [0.1, 0.15) is 0 Å². The van der Waals surface area contributed by atoms with Crippen molar-refractivity contribution < 1.29 is 0 Å². The Labute approximate surface area is 84.1 Å². The van der Waals surface area contributed by atoms with Crippen LogP contribution in [0.4, 0.5) is 0 Å². The zero-order valence-corrected chi connectivity index (χ0v) is 10.3. The fourth-order valence-electron chi connectivity index (χ4n) is 3.49. The van der Waals surface area contributed by atoms with Crippen LogP contribution in [0.15, 0.2) is 0 Å². The van der Waals surface area contributed by atoms with Gasteiger partial charge >= 0.3 is 0 Å². The van der Waals surface area contributed by atoms with Crippen LogP contribution >= 0.6 is 0 Å². The van der Waals surface area contributed by atoms with Gasteiger partial charge in [0.2, 0.25) is 0 Å². The molecule has 13 heavy (non-hydrogen) atoms. The van der Waals surface area contributed by atoms with Gasteiger partial charge in [0, 0.05) is 0 Å². The molecule has 78 valence electrons. The molecule has 1 rings (SSSR count). The highest BCUT2D eigenvalue weighted by Gasteiger charge is 2.42. The Morgan fingerprint density at radius 2 is 1.23 bits per heavy atom. The second-order valence-electron chi connectivity index (χ2n) is 6.90. The molecule has 0 spiro atoms. The van der Waals surface area contributed by atoms with Crippen LogP contribution < -0.4 is 0 Å². The topological polar surface area (TPSA) is 0 Å². The van der Waals surface area contributed by atoms with Gasteiger partial charge in [-0.05, 0) is 22.7 Å². The van der Waals surface area contributed by atoms with Gasteiger partial charge in [-0.3, -0.25) is 0 Å². The van der Waals surface area contributed by atoms with Gasteiger partial charge in [0.05, 0.1) is 0 Å². The fourth-order valence-corrected chi connectivity index (χ4v) is 3.49. The first kappa shape index (κ1) is 11.1. The maximum absolute atomic E-state index is 2.40. The second kappa shape index (κ2) is 3.29. The van der Waals surface area contributed by atoms with Gasteiger partial charge < -0.3 is 0 Å². The van der Waals surface area contributed by atoms with E-state index in [4.69, 9.17) is 0 Å². The predicted octanol–water partition coefficient (Wildman–Crippen LogP) is 4.49. The summed E-state index contributed by atoms with van der Waals surface area (Å²) in [7, 11) is 0. The quantitative estimate of drug-likeness (QED) is 0.560. The standard InChI is InChI=1S/C13H26/c1-12(2,3)11(13(4,5)6)10-8-7-9-10/h10-11H,7-9H2,1-6H3. The van der Waals surface area contributed by atoms with E-state index >= 15 is 0 Å². The van der Waals surface area contributed by atoms with Crippen molar-refractivity contribution in [3.8, 4) is 0 Å². The maximum Gasteiger partial charge on any atom is -0.0288 e. The average molecular weight is 182 g/mol. The number of hydrogen-bond donors (Lipinski definition) is 0. The lowest BCUT2D eigenvalue weighted by molar-refractivity contribution is 0.00622. The average Bonchev–Trinajstić information content (AvgIpc) is 1.71. The minimum atomic E-state index is 0.476. The first-order valence-electron chi connectivity index (χ1n) is 5.73. The smallest absolute Gasteiger partial charge is 0.0288 e. The summed E-state index contributed by atoms with van der Waals surface area (Å²) >= 11 is 0. The van der Waals surface area contributed by atoms with Crippen molar-refractivity contribution in [3.63, 3.8) is 0 Å². The third kappa shape index (κ3) is 2.48. The van der Waals surface area contributed by atoms with Crippen LogP contribution in [0.3, 0.4) is 0 Å². The molecule has 0 nitrogen and oxygen atoms in total. The second-order valence-corrected chi connectivity index (χ2v) is 6.90. The van der Waals surface area contributed by atoms with Crippen molar-refractivity contribution in [2.75, 3.05) is 0 Å². The molecule has 0 N–H and O–H groups in total. The lowest BCUT2D eigenvalue weighted by atomic mass is 9.56. The van der Waals surface area contributed by atoms with Crippen LogP contribution in [-0.2, 0) is 0 Å². The molecule has 0 radical (unpaired) electrons. The number of rotatable bonds is 1. The van der Waals surface area contributed by atoms with Crippen LogP contribution in [0.25, 0.3) is 0 Å². The Morgan fingerprint density at radius 1 is 0.846 bits per heavy atom. The van der Waals surface area contributed by atoms with Gasteiger partial charge in [0.25, 0.3) is 0 Å². The van der Waals surface area contributed by atoms with Gasteiger partial charge in [-0.1, -0.05) is 60.8 Å². The van der Waals surface area contributed by atoms with Crippen LogP contribution in [-0.4, -0.2) is 0 Å². The maximum atomic E-state index is 2.40. The van der Waals surface area contributed by atoms with Gasteiger partial charge in [-0.15, -0.1) is 0 Å². The molecule has 0 aromatic heterocycles. The van der Waals surface area contributed by atoms with Gasteiger partial charge in [-0.25, -0.2) is 0 Å². The Bertz CT molecular complexity index is 147. The molecule has 0 aromatic rings. The van der Waals surface area contributed by atoms with E-state index in [1.165, 1.54) is 19.3 Å². The highest BCUT2D eigenvalue weighted by Crippen LogP contribution is 2.50. The SMILES string of the molecule is CC(C)(C)C(C1CCC1)C(C)(C)C. The van der Waals surface area contributed by atoms with E-state index in [1.54, 1.807) is 0 Å². The molecule has 0 heteroatoms. The zero-order valence-electron chi connectivity index (χ0n) is 10.3. The summed E-state index contributed by atoms with van der Waals surface area (Å²) in [6.07, 6.45) is 4.41. The van der Waals surface area contributed by atoms with E-state index in [9.17, 15) is 0 Å². The molecule has 1 saturated carbocycles. The summed E-state index contributed by atoms with van der Waals surface area (Å²) in [6, 6.07) is 0. The Morgan fingerprint density at radius 3 is 1.31 bits per heavy atom. The van der Waals surface area contributed by atoms with E-state index in [-0.39, 0.29) is 0 Å². The highest BCUT2D eigenvalue weighted by molar-refractivity contribution is 4.91. The van der Waals surface area contributed by atoms with E-state index in [2.05, 4.69) is 41.5 Å². The third-order valence-corrected chi connectivity index (χ3v) is 3.49. The van der Waals surface area contributed by atoms with Crippen molar-refractivity contribution in [3.05, 3.63) is 0 Å². The summed E-state index contributed by atoms with van der Waals surface area (Å²) in [5.74, 6) is 1.88. The minimum Gasteiger partial charge on any atom is -0.0599 e. The van der Waals surface area contributed by atoms with E-state index in [1.807, 2.05) is 0 Å². The predicted molar refractivity (Wildman–Crippen MR) is 59.7 cm³/mol. The fraction of sp³-hybridized carbons (Fsp3) is 1.00. The van der Waals surface area contributed by atoms with Crippen molar-refractivity contribution in [2.45, 2.75) is 60.8 Å². The van der Waals surface area contributed by atoms with Crippen LogP contribution in [0, 0.1) is 22.7 Å². The summed E-state index contributed by atoms with van der Waals surface area (Å²) in [6.45, 7) is 14.4. The first-order valence-corrected chi connectivity index (χ1v) is 5.73. The van der Waals surface area contributed by atoms with Crippen LogP contribution in [0.5, 0.6) is 0 Å². The highest BCUT2D eigenvalue weighted by atomic mass is 14.5. The van der Waals surface area contributed by atoms with E-state index in [0.717, 1.165) is 11.8 Å². The molecule has 0 amide bonds. The molecular formula is C13H26. The summed E-state index contributed by atoms with van der Waals surface area (Å²) in [5, 5.41) is 0. The van der Waals surface area contributed by atoms with Crippen LogP contribution in [0.1, 0.15) is 60.8 Å². The Balaban J connectivity index is 2.76. The minimum absolute atomic E-state index is 0.476. The van der Waals surface area contributed by atoms with Gasteiger partial charge in [0.15, 0.2) is 0 Å². The lowest BCUT2D eigenvalue weighted by Gasteiger charge is -2.49. The Hall–Kier alpha value is 0. The van der Waals surface area contributed by atoms with E-state index < -0.39 is 0 Å². The summed E-state index contributed by atoms with van der Waals surface area (Å²) in [4.78, 5) is 0. The monoisotopic (exact) mass is 182 g/mol. The van der Waals surface area contributed by atoms with Crippen molar-refractivity contribution in [2.24, 2.45) is 22.7 Å². The first-order chi connectivity index (χ1) is 5.73. The molecule has 0 aliphatic heterocycles. The molecule has 0 atom stereocenters. The van der Waals surface area contributed by atoms with Gasteiger partial charge in [-0.2, -0.15) is 0 Å². The molecule has 0 heterocycles. The molecule has 0 unspecified atom stereocenters. The largest absolute Gasteiger partial charge is 0.0599 e.